The van der Waals surface area contributed by atoms with E-state index in [1.165, 1.54) is 30.0 Å². The third-order valence-electron chi connectivity index (χ3n) is 4.82. The van der Waals surface area contributed by atoms with E-state index in [2.05, 4.69) is 41.3 Å². The lowest BCUT2D eigenvalue weighted by atomic mass is 10.0. The fourth-order valence-electron chi connectivity index (χ4n) is 3.20. The number of carbonyl (C=O) groups is 2. The molecule has 0 bridgehead atoms. The molecular weight excluding hydrogens is 441 g/mol. The average Bonchev–Trinajstić information content (AvgIpc) is 3.18. The molecule has 1 heterocycles. The van der Waals surface area contributed by atoms with Crippen LogP contribution in [0.3, 0.4) is 0 Å². The summed E-state index contributed by atoms with van der Waals surface area (Å²) in [5.41, 5.74) is 1.82. The number of hydrogen-bond donors (Lipinski definition) is 2. The van der Waals surface area contributed by atoms with E-state index in [0.29, 0.717) is 17.5 Å². The van der Waals surface area contributed by atoms with Gasteiger partial charge in [-0.25, -0.2) is 4.39 Å². The third-order valence-corrected chi connectivity index (χ3v) is 5.79. The number of nitrogens with zero attached hydrogens (tertiary/aromatic N) is 3. The molecule has 0 unspecified atom stereocenters. The molecule has 172 valence electrons. The van der Waals surface area contributed by atoms with Crippen molar-refractivity contribution >= 4 is 29.3 Å². The van der Waals surface area contributed by atoms with Crippen LogP contribution < -0.4 is 10.6 Å². The fraction of sp³-hybridized carbons (Fsp3) is 0.250. The van der Waals surface area contributed by atoms with Crippen molar-refractivity contribution in [2.24, 2.45) is 0 Å². The van der Waals surface area contributed by atoms with Gasteiger partial charge in [-0.15, -0.1) is 16.8 Å². The van der Waals surface area contributed by atoms with Crippen LogP contribution in [-0.2, 0) is 17.9 Å². The Kier molecular flexibility index (Phi) is 8.37. The Hall–Kier alpha value is -3.46. The zero-order chi connectivity index (χ0) is 23.8. The first-order chi connectivity index (χ1) is 15.9. The average molecular weight is 468 g/mol. The summed E-state index contributed by atoms with van der Waals surface area (Å²) in [5.74, 6) is -0.388. The van der Waals surface area contributed by atoms with Crippen LogP contribution in [0.15, 0.2) is 66.3 Å². The van der Waals surface area contributed by atoms with E-state index in [1.54, 1.807) is 16.7 Å². The number of aromatic nitrogens is 3. The van der Waals surface area contributed by atoms with Crippen LogP contribution in [0, 0.1) is 5.82 Å². The minimum absolute atomic E-state index is 0.0414. The van der Waals surface area contributed by atoms with Crippen molar-refractivity contribution in [2.45, 2.75) is 38.0 Å². The summed E-state index contributed by atoms with van der Waals surface area (Å²) in [7, 11) is 0. The lowest BCUT2D eigenvalue weighted by Crippen LogP contribution is -2.25. The Morgan fingerprint density at radius 2 is 1.88 bits per heavy atom. The molecular formula is C24H26FN5O2S. The normalized spacial score (nSPS) is 10.8. The first-order valence-corrected chi connectivity index (χ1v) is 11.5. The van der Waals surface area contributed by atoms with Crippen molar-refractivity contribution in [1.29, 1.82) is 0 Å². The second-order valence-corrected chi connectivity index (χ2v) is 8.48. The highest BCUT2D eigenvalue weighted by molar-refractivity contribution is 7.99. The van der Waals surface area contributed by atoms with E-state index in [1.807, 2.05) is 24.3 Å². The molecule has 1 aromatic heterocycles. The molecule has 2 amide bonds. The molecule has 3 rings (SSSR count). The van der Waals surface area contributed by atoms with E-state index in [4.69, 9.17) is 0 Å². The minimum atomic E-state index is -0.594. The highest BCUT2D eigenvalue weighted by atomic mass is 32.2. The van der Waals surface area contributed by atoms with Gasteiger partial charge in [0.15, 0.2) is 11.0 Å². The van der Waals surface area contributed by atoms with Crippen LogP contribution >= 0.6 is 11.8 Å². The van der Waals surface area contributed by atoms with Gasteiger partial charge in [0.05, 0.1) is 17.9 Å². The predicted octanol–water partition coefficient (Wildman–Crippen LogP) is 4.39. The van der Waals surface area contributed by atoms with Gasteiger partial charge in [-0.1, -0.05) is 62.0 Å². The van der Waals surface area contributed by atoms with Crippen molar-refractivity contribution in [3.63, 3.8) is 0 Å². The highest BCUT2D eigenvalue weighted by Gasteiger charge is 2.17. The van der Waals surface area contributed by atoms with Crippen molar-refractivity contribution in [2.75, 3.05) is 11.1 Å². The molecule has 9 heteroatoms. The summed E-state index contributed by atoms with van der Waals surface area (Å²) >= 11 is 1.24. The van der Waals surface area contributed by atoms with Gasteiger partial charge < -0.3 is 15.2 Å². The van der Waals surface area contributed by atoms with Crippen molar-refractivity contribution in [1.82, 2.24) is 20.1 Å². The number of para-hydroxylation sites is 1. The van der Waals surface area contributed by atoms with Gasteiger partial charge in [0.25, 0.3) is 5.91 Å². The summed E-state index contributed by atoms with van der Waals surface area (Å²) < 4.78 is 15.6. The van der Waals surface area contributed by atoms with Crippen LogP contribution in [0.5, 0.6) is 0 Å². The predicted molar refractivity (Wildman–Crippen MR) is 128 cm³/mol. The minimum Gasteiger partial charge on any atom is -0.345 e. The Bertz CT molecular complexity index is 1150. The number of halogens is 1. The summed E-state index contributed by atoms with van der Waals surface area (Å²) in [6, 6.07) is 13.5. The van der Waals surface area contributed by atoms with Crippen molar-refractivity contribution in [3.05, 3.63) is 84.0 Å². The van der Waals surface area contributed by atoms with Gasteiger partial charge in [0.2, 0.25) is 5.91 Å². The van der Waals surface area contributed by atoms with Crippen molar-refractivity contribution < 1.29 is 14.0 Å². The second kappa shape index (κ2) is 11.4. The number of thioether (sulfide) groups is 1. The molecule has 0 radical (unpaired) electrons. The molecule has 0 atom stereocenters. The molecule has 2 aromatic carbocycles. The molecule has 0 aliphatic heterocycles. The zero-order valence-corrected chi connectivity index (χ0v) is 19.4. The summed E-state index contributed by atoms with van der Waals surface area (Å²) in [4.78, 5) is 24.8. The zero-order valence-electron chi connectivity index (χ0n) is 18.5. The first kappa shape index (κ1) is 24.2. The summed E-state index contributed by atoms with van der Waals surface area (Å²) in [6.45, 7) is 8.35. The monoisotopic (exact) mass is 467 g/mol. The number of carbonyl (C=O) groups excluding carboxylic acids is 2. The molecule has 0 saturated carbocycles. The number of allylic oxidation sites excluding steroid dienone is 1. The third kappa shape index (κ3) is 6.29. The Labute approximate surface area is 196 Å². The standard InChI is InChI=1S/C24H26FN5O2S/c1-4-13-30-21(14-26-23(32)18-10-5-7-11-19(18)25)28-29-24(30)33-15-22(31)27-20-12-8-6-9-17(20)16(2)3/h4-12,16H,1,13-15H2,2-3H3,(H,26,32)(H,27,31). The maximum atomic E-state index is 13.8. The molecule has 3 aromatic rings. The molecule has 0 aliphatic carbocycles. The second-order valence-electron chi connectivity index (χ2n) is 7.54. The van der Waals surface area contributed by atoms with Crippen LogP contribution in [0.4, 0.5) is 10.1 Å². The molecule has 33 heavy (non-hydrogen) atoms. The Morgan fingerprint density at radius 1 is 1.15 bits per heavy atom. The van der Waals surface area contributed by atoms with E-state index in [9.17, 15) is 14.0 Å². The molecule has 0 fully saturated rings. The molecule has 0 saturated heterocycles. The smallest absolute Gasteiger partial charge is 0.254 e. The van der Waals surface area contributed by atoms with Gasteiger partial charge >= 0.3 is 0 Å². The van der Waals surface area contributed by atoms with E-state index in [-0.39, 0.29) is 29.7 Å². The van der Waals surface area contributed by atoms with E-state index < -0.39 is 11.7 Å². The van der Waals surface area contributed by atoms with Gasteiger partial charge in [-0.3, -0.25) is 9.59 Å². The number of anilines is 1. The van der Waals surface area contributed by atoms with Crippen LogP contribution in [-0.4, -0.2) is 32.3 Å². The van der Waals surface area contributed by atoms with E-state index in [0.717, 1.165) is 11.3 Å². The lowest BCUT2D eigenvalue weighted by Gasteiger charge is -2.13. The lowest BCUT2D eigenvalue weighted by molar-refractivity contribution is -0.113. The number of nitrogens with one attached hydrogen (secondary N) is 2. The fourth-order valence-corrected chi connectivity index (χ4v) is 3.97. The number of rotatable bonds is 10. The summed E-state index contributed by atoms with van der Waals surface area (Å²) in [5, 5.41) is 14.4. The van der Waals surface area contributed by atoms with E-state index >= 15 is 0 Å². The van der Waals surface area contributed by atoms with Gasteiger partial charge in [-0.05, 0) is 29.7 Å². The maximum absolute atomic E-state index is 13.8. The largest absolute Gasteiger partial charge is 0.345 e. The Morgan fingerprint density at radius 3 is 2.61 bits per heavy atom. The number of benzene rings is 2. The van der Waals surface area contributed by atoms with Gasteiger partial charge in [-0.2, -0.15) is 0 Å². The molecule has 2 N–H and O–H groups in total. The quantitative estimate of drug-likeness (QED) is 0.341. The summed E-state index contributed by atoms with van der Waals surface area (Å²) in [6.07, 6.45) is 1.68. The highest BCUT2D eigenvalue weighted by Crippen LogP contribution is 2.24. The van der Waals surface area contributed by atoms with Crippen LogP contribution in [0.2, 0.25) is 0 Å². The van der Waals surface area contributed by atoms with Crippen LogP contribution in [0.1, 0.15) is 41.5 Å². The number of hydrogen-bond acceptors (Lipinski definition) is 5. The molecule has 0 spiro atoms. The molecule has 7 nitrogen and oxygen atoms in total. The topological polar surface area (TPSA) is 88.9 Å². The molecule has 0 aliphatic rings. The van der Waals surface area contributed by atoms with Crippen molar-refractivity contribution in [3.8, 4) is 0 Å². The van der Waals surface area contributed by atoms with Gasteiger partial charge in [0, 0.05) is 12.2 Å². The Balaban J connectivity index is 1.63. The van der Waals surface area contributed by atoms with Gasteiger partial charge in [0.1, 0.15) is 5.82 Å². The first-order valence-electron chi connectivity index (χ1n) is 10.5. The maximum Gasteiger partial charge on any atom is 0.254 e. The van der Waals surface area contributed by atoms with Crippen LogP contribution in [0.25, 0.3) is 0 Å². The SMILES string of the molecule is C=CCn1c(CNC(=O)c2ccccc2F)nnc1SCC(=O)Nc1ccccc1C(C)C. The number of amides is 2.